The molecule has 1 atom stereocenters. The van der Waals surface area contributed by atoms with Gasteiger partial charge in [-0.05, 0) is 12.5 Å². The maximum absolute atomic E-state index is 12.2. The Balaban J connectivity index is 2.90. The van der Waals surface area contributed by atoms with Gasteiger partial charge in [0.15, 0.2) is 0 Å². The second-order valence-corrected chi connectivity index (χ2v) is 6.60. The fourth-order valence-electron chi connectivity index (χ4n) is 1.49. The van der Waals surface area contributed by atoms with Gasteiger partial charge in [0.2, 0.25) is 12.3 Å². The molecule has 0 aliphatic rings. The molecular weight excluding hydrogens is 300 g/mol. The molecule has 1 heterocycles. The average molecular weight is 316 g/mol. The minimum atomic E-state index is -1.08. The monoisotopic (exact) mass is 316 g/mol. The first kappa shape index (κ1) is 16.5. The van der Waals surface area contributed by atoms with Gasteiger partial charge in [-0.25, -0.2) is 0 Å². The molecule has 1 unspecified atom stereocenters. The highest BCUT2D eigenvalue weighted by Gasteiger charge is 2.20. The highest BCUT2D eigenvalue weighted by molar-refractivity contribution is 7.84. The molecule has 8 heteroatoms. The second kappa shape index (κ2) is 7.30. The Morgan fingerprint density at radius 2 is 2.15 bits per heavy atom. The van der Waals surface area contributed by atoms with Crippen molar-refractivity contribution in [3.63, 3.8) is 0 Å². The molecule has 1 aromatic heterocycles. The van der Waals surface area contributed by atoms with Crippen molar-refractivity contribution >= 4 is 45.4 Å². The van der Waals surface area contributed by atoms with E-state index >= 15 is 0 Å². The predicted molar refractivity (Wildman–Crippen MR) is 79.4 cm³/mol. The molecule has 0 spiro atoms. The molecule has 0 aromatic carbocycles. The topological polar surface area (TPSA) is 83.6 Å². The van der Waals surface area contributed by atoms with Crippen LogP contribution in [0.4, 0.5) is 5.00 Å². The van der Waals surface area contributed by atoms with Crippen LogP contribution in [0.5, 0.6) is 0 Å². The van der Waals surface area contributed by atoms with Gasteiger partial charge in [0, 0.05) is 41.7 Å². The molecule has 1 rings (SSSR count). The SMILES string of the molecule is CC(=O)Nc1scc(C(=O)N(C=O)CCS(C)=O)c1C. The summed E-state index contributed by atoms with van der Waals surface area (Å²) in [7, 11) is -1.08. The zero-order valence-corrected chi connectivity index (χ0v) is 13.1. The third kappa shape index (κ3) is 4.24. The van der Waals surface area contributed by atoms with Crippen LogP contribution in [0.15, 0.2) is 5.38 Å². The van der Waals surface area contributed by atoms with E-state index in [0.717, 1.165) is 4.90 Å². The number of carbonyl (C=O) groups excluding carboxylic acids is 3. The number of thiophene rings is 1. The normalized spacial score (nSPS) is 11.8. The first-order chi connectivity index (χ1) is 9.36. The summed E-state index contributed by atoms with van der Waals surface area (Å²) in [6, 6.07) is 0. The Labute approximate surface area is 123 Å². The fraction of sp³-hybridized carbons (Fsp3) is 0.417. The van der Waals surface area contributed by atoms with E-state index in [0.29, 0.717) is 22.5 Å². The highest BCUT2D eigenvalue weighted by atomic mass is 32.2. The van der Waals surface area contributed by atoms with E-state index in [1.165, 1.54) is 24.5 Å². The number of hydrogen-bond acceptors (Lipinski definition) is 5. The number of rotatable bonds is 6. The van der Waals surface area contributed by atoms with Crippen molar-refractivity contribution < 1.29 is 18.6 Å². The molecule has 0 saturated carbocycles. The van der Waals surface area contributed by atoms with Gasteiger partial charge in [-0.15, -0.1) is 11.3 Å². The van der Waals surface area contributed by atoms with Crippen molar-refractivity contribution in [1.82, 2.24) is 4.90 Å². The summed E-state index contributed by atoms with van der Waals surface area (Å²) < 4.78 is 11.0. The Morgan fingerprint density at radius 1 is 1.50 bits per heavy atom. The van der Waals surface area contributed by atoms with E-state index in [9.17, 15) is 18.6 Å². The number of hydrogen-bond donors (Lipinski definition) is 1. The third-order valence-corrected chi connectivity index (χ3v) is 4.32. The third-order valence-electron chi connectivity index (χ3n) is 2.57. The Hall–Kier alpha value is -1.54. The van der Waals surface area contributed by atoms with Gasteiger partial charge < -0.3 is 5.32 Å². The summed E-state index contributed by atoms with van der Waals surface area (Å²) >= 11 is 1.23. The van der Waals surface area contributed by atoms with E-state index in [1.807, 2.05) is 0 Å². The standard InChI is InChI=1S/C12H16N2O4S2/c1-8-10(6-19-11(8)13-9(2)16)12(17)14(7-15)4-5-20(3)18/h6-7H,4-5H2,1-3H3,(H,13,16). The van der Waals surface area contributed by atoms with Crippen LogP contribution in [0.3, 0.4) is 0 Å². The first-order valence-corrected chi connectivity index (χ1v) is 8.39. The van der Waals surface area contributed by atoms with Crippen LogP contribution in [-0.2, 0) is 20.4 Å². The molecule has 0 saturated heterocycles. The summed E-state index contributed by atoms with van der Waals surface area (Å²) in [5, 5.41) is 4.82. The summed E-state index contributed by atoms with van der Waals surface area (Å²) in [6.07, 6.45) is 1.95. The van der Waals surface area contributed by atoms with Crippen LogP contribution in [-0.4, -0.2) is 45.9 Å². The molecule has 3 amide bonds. The van der Waals surface area contributed by atoms with E-state index in [4.69, 9.17) is 0 Å². The lowest BCUT2D eigenvalue weighted by atomic mass is 10.2. The molecule has 0 aliphatic heterocycles. The summed E-state index contributed by atoms with van der Waals surface area (Å²) in [4.78, 5) is 35.2. The lowest BCUT2D eigenvalue weighted by Gasteiger charge is -2.14. The van der Waals surface area contributed by atoms with Gasteiger partial charge in [0.25, 0.3) is 5.91 Å². The molecular formula is C12H16N2O4S2. The summed E-state index contributed by atoms with van der Waals surface area (Å²) in [6.45, 7) is 3.20. The Morgan fingerprint density at radius 3 is 2.65 bits per heavy atom. The van der Waals surface area contributed by atoms with Crippen molar-refractivity contribution in [2.45, 2.75) is 13.8 Å². The molecule has 0 bridgehead atoms. The first-order valence-electron chi connectivity index (χ1n) is 5.78. The molecule has 1 aromatic rings. The molecule has 6 nitrogen and oxygen atoms in total. The summed E-state index contributed by atoms with van der Waals surface area (Å²) in [5.74, 6) is -0.426. The maximum atomic E-state index is 12.2. The molecule has 110 valence electrons. The van der Waals surface area contributed by atoms with Crippen molar-refractivity contribution in [1.29, 1.82) is 0 Å². The quantitative estimate of drug-likeness (QED) is 0.793. The smallest absolute Gasteiger partial charge is 0.261 e. The van der Waals surface area contributed by atoms with Crippen LogP contribution < -0.4 is 5.32 Å². The largest absolute Gasteiger partial charge is 0.318 e. The van der Waals surface area contributed by atoms with E-state index < -0.39 is 16.7 Å². The van der Waals surface area contributed by atoms with Crippen molar-refractivity contribution in [2.24, 2.45) is 0 Å². The van der Waals surface area contributed by atoms with Gasteiger partial charge in [-0.3, -0.25) is 23.5 Å². The highest BCUT2D eigenvalue weighted by Crippen LogP contribution is 2.28. The van der Waals surface area contributed by atoms with Crippen LogP contribution in [0, 0.1) is 6.92 Å². The Kier molecular flexibility index (Phi) is 6.03. The zero-order chi connectivity index (χ0) is 15.3. The van der Waals surface area contributed by atoms with Crippen molar-refractivity contribution in [3.05, 3.63) is 16.5 Å². The van der Waals surface area contributed by atoms with Crippen LogP contribution in [0.2, 0.25) is 0 Å². The predicted octanol–water partition coefficient (Wildman–Crippen LogP) is 0.992. The van der Waals surface area contributed by atoms with Gasteiger partial charge in [-0.2, -0.15) is 0 Å². The van der Waals surface area contributed by atoms with Gasteiger partial charge in [-0.1, -0.05) is 0 Å². The van der Waals surface area contributed by atoms with E-state index in [-0.39, 0.29) is 18.2 Å². The molecule has 0 fully saturated rings. The number of nitrogens with zero attached hydrogens (tertiary/aromatic N) is 1. The van der Waals surface area contributed by atoms with Crippen LogP contribution >= 0.6 is 11.3 Å². The lowest BCUT2D eigenvalue weighted by molar-refractivity contribution is -0.116. The minimum absolute atomic E-state index is 0.107. The van der Waals surface area contributed by atoms with Gasteiger partial charge in [0.05, 0.1) is 10.6 Å². The number of amides is 3. The van der Waals surface area contributed by atoms with Gasteiger partial charge in [0.1, 0.15) is 0 Å². The van der Waals surface area contributed by atoms with Crippen molar-refractivity contribution in [3.8, 4) is 0 Å². The molecule has 0 aliphatic carbocycles. The number of nitrogens with one attached hydrogen (secondary N) is 1. The van der Waals surface area contributed by atoms with E-state index in [1.54, 1.807) is 12.3 Å². The number of imide groups is 1. The molecule has 1 N–H and O–H groups in total. The van der Waals surface area contributed by atoms with Crippen molar-refractivity contribution in [2.75, 3.05) is 23.9 Å². The maximum Gasteiger partial charge on any atom is 0.261 e. The average Bonchev–Trinajstić information content (AvgIpc) is 2.70. The summed E-state index contributed by atoms with van der Waals surface area (Å²) in [5.41, 5.74) is 0.993. The zero-order valence-electron chi connectivity index (χ0n) is 11.5. The van der Waals surface area contributed by atoms with Crippen LogP contribution in [0.25, 0.3) is 0 Å². The number of carbonyl (C=O) groups is 3. The Bertz CT molecular complexity index is 554. The minimum Gasteiger partial charge on any atom is -0.318 e. The lowest BCUT2D eigenvalue weighted by Crippen LogP contribution is -2.33. The number of anilines is 1. The molecule has 20 heavy (non-hydrogen) atoms. The molecule has 0 radical (unpaired) electrons. The van der Waals surface area contributed by atoms with Gasteiger partial charge >= 0.3 is 0 Å². The van der Waals surface area contributed by atoms with Crippen LogP contribution in [0.1, 0.15) is 22.8 Å². The fourth-order valence-corrected chi connectivity index (χ4v) is 2.95. The van der Waals surface area contributed by atoms with E-state index in [2.05, 4.69) is 5.32 Å². The second-order valence-electron chi connectivity index (χ2n) is 4.17.